The number of pyridine rings is 1. The predicted octanol–water partition coefficient (Wildman–Crippen LogP) is 0.499. The van der Waals surface area contributed by atoms with Gasteiger partial charge < -0.3 is 4.74 Å². The highest BCUT2D eigenvalue weighted by Crippen LogP contribution is 2.27. The summed E-state index contributed by atoms with van der Waals surface area (Å²) >= 11 is 0. The normalized spacial score (nSPS) is 11.9. The van der Waals surface area contributed by atoms with Crippen molar-refractivity contribution in [3.63, 3.8) is 0 Å². The molecule has 0 atom stereocenters. The van der Waals surface area contributed by atoms with Gasteiger partial charge in [-0.1, -0.05) is 0 Å². The van der Waals surface area contributed by atoms with Crippen molar-refractivity contribution in [1.29, 1.82) is 5.26 Å². The van der Waals surface area contributed by atoms with Crippen LogP contribution in [-0.4, -0.2) is 19.8 Å². The Labute approximate surface area is 93.5 Å². The Morgan fingerprint density at radius 3 is 2.47 bits per heavy atom. The third-order valence-corrected chi connectivity index (χ3v) is 2.46. The van der Waals surface area contributed by atoms with Crippen LogP contribution in [0.3, 0.4) is 0 Å². The fraction of sp³-hybridized carbons (Fsp3) is 0.143. The number of hydrogen-bond donors (Lipinski definition) is 1. The van der Waals surface area contributed by atoms with Crippen LogP contribution in [0.4, 0.5) is 13.2 Å². The lowest BCUT2D eigenvalue weighted by Gasteiger charge is -2.10. The molecule has 6 nitrogen and oxygen atoms in total. The highest BCUT2D eigenvalue weighted by Gasteiger charge is 2.34. The minimum atomic E-state index is -5.09. The quantitative estimate of drug-likeness (QED) is 0.839. The van der Waals surface area contributed by atoms with E-state index in [-0.39, 0.29) is 0 Å². The molecule has 1 aromatic rings. The second-order valence-electron chi connectivity index (χ2n) is 2.69. The first-order valence-corrected chi connectivity index (χ1v) is 5.37. The molecule has 0 spiro atoms. The second-order valence-corrected chi connectivity index (χ2v) is 4.22. The molecule has 17 heavy (non-hydrogen) atoms. The van der Waals surface area contributed by atoms with Gasteiger partial charge in [0.2, 0.25) is 15.9 Å². The van der Waals surface area contributed by atoms with E-state index in [1.807, 2.05) is 0 Å². The molecule has 10 heteroatoms. The Balaban J connectivity index is 3.41. The van der Waals surface area contributed by atoms with Crippen LogP contribution in [0.2, 0.25) is 0 Å². The van der Waals surface area contributed by atoms with E-state index in [1.54, 1.807) is 0 Å². The van der Waals surface area contributed by atoms with E-state index in [2.05, 4.69) is 9.72 Å². The molecule has 1 aromatic heterocycles. The Morgan fingerprint density at radius 2 is 2.06 bits per heavy atom. The van der Waals surface area contributed by atoms with E-state index in [4.69, 9.17) is 10.4 Å². The minimum absolute atomic E-state index is 0.738. The summed E-state index contributed by atoms with van der Waals surface area (Å²) < 4.78 is 61.2. The van der Waals surface area contributed by atoms with Crippen LogP contribution in [0.1, 0.15) is 5.56 Å². The molecule has 0 bridgehead atoms. The summed E-state index contributed by atoms with van der Waals surface area (Å²) in [6.45, 7) is 0. The molecular weight excluding hydrogens is 263 g/mol. The average Bonchev–Trinajstić information content (AvgIpc) is 2.13. The molecule has 0 unspecified atom stereocenters. The van der Waals surface area contributed by atoms with E-state index in [0.29, 0.717) is 0 Å². The molecule has 0 aliphatic heterocycles. The number of rotatable bonds is 2. The standard InChI is InChI=1S/C7H4F3N3O3S/c8-7(9,10)16-6-4(3-11)5(1-2-13-6)17(12,14)15/h1-2H,(H2,12,14,15). The molecule has 0 amide bonds. The molecule has 1 heterocycles. The molecule has 0 saturated carbocycles. The van der Waals surface area contributed by atoms with E-state index >= 15 is 0 Å². The topological polar surface area (TPSA) is 106 Å². The van der Waals surface area contributed by atoms with Crippen molar-refractivity contribution in [2.75, 3.05) is 0 Å². The lowest BCUT2D eigenvalue weighted by Crippen LogP contribution is -2.20. The third-order valence-electron chi connectivity index (χ3n) is 1.51. The molecule has 92 valence electrons. The number of nitrogens with zero attached hydrogens (tertiary/aromatic N) is 2. The first kappa shape index (κ1) is 13.2. The molecule has 1 rings (SSSR count). The number of aromatic nitrogens is 1. The second kappa shape index (κ2) is 4.19. The lowest BCUT2D eigenvalue weighted by atomic mass is 10.3. The summed E-state index contributed by atoms with van der Waals surface area (Å²) in [5.41, 5.74) is -0.896. The van der Waals surface area contributed by atoms with Gasteiger partial charge in [-0.2, -0.15) is 5.26 Å². The molecule has 0 aromatic carbocycles. The van der Waals surface area contributed by atoms with Gasteiger partial charge in [0.05, 0.1) is 0 Å². The number of alkyl halides is 3. The fourth-order valence-electron chi connectivity index (χ4n) is 0.953. The highest BCUT2D eigenvalue weighted by atomic mass is 32.2. The van der Waals surface area contributed by atoms with Gasteiger partial charge in [0.15, 0.2) is 0 Å². The molecular formula is C7H4F3N3O3S. The number of primary sulfonamides is 1. The average molecular weight is 267 g/mol. The lowest BCUT2D eigenvalue weighted by molar-refractivity contribution is -0.276. The maximum absolute atomic E-state index is 11.9. The van der Waals surface area contributed by atoms with Crippen molar-refractivity contribution in [3.8, 4) is 11.9 Å². The number of sulfonamides is 1. The van der Waals surface area contributed by atoms with Crippen LogP contribution in [0.15, 0.2) is 17.2 Å². The monoisotopic (exact) mass is 267 g/mol. The van der Waals surface area contributed by atoms with Crippen molar-refractivity contribution in [2.24, 2.45) is 5.14 Å². The van der Waals surface area contributed by atoms with Crippen molar-refractivity contribution < 1.29 is 26.3 Å². The highest BCUT2D eigenvalue weighted by molar-refractivity contribution is 7.89. The van der Waals surface area contributed by atoms with Gasteiger partial charge in [0.1, 0.15) is 16.5 Å². The SMILES string of the molecule is N#Cc1c(S(N)(=O)=O)ccnc1OC(F)(F)F. The van der Waals surface area contributed by atoms with Crippen LogP contribution in [0.25, 0.3) is 0 Å². The largest absolute Gasteiger partial charge is 0.574 e. The summed E-state index contributed by atoms with van der Waals surface area (Å²) in [5.74, 6) is -1.16. The Morgan fingerprint density at radius 1 is 1.47 bits per heavy atom. The van der Waals surface area contributed by atoms with Crippen LogP contribution in [0.5, 0.6) is 5.88 Å². The summed E-state index contributed by atoms with van der Waals surface area (Å²) in [7, 11) is -4.33. The smallest absolute Gasteiger partial charge is 0.386 e. The number of ether oxygens (including phenoxy) is 1. The van der Waals surface area contributed by atoms with Gasteiger partial charge in [-0.3, -0.25) is 0 Å². The van der Waals surface area contributed by atoms with Gasteiger partial charge in [0.25, 0.3) is 0 Å². The number of hydrogen-bond acceptors (Lipinski definition) is 5. The molecule has 0 aliphatic carbocycles. The van der Waals surface area contributed by atoms with Crippen molar-refractivity contribution in [2.45, 2.75) is 11.3 Å². The summed E-state index contributed by atoms with van der Waals surface area (Å²) in [6.07, 6.45) is -4.35. The summed E-state index contributed by atoms with van der Waals surface area (Å²) in [6, 6.07) is 2.05. The van der Waals surface area contributed by atoms with Crippen molar-refractivity contribution in [3.05, 3.63) is 17.8 Å². The number of halogens is 3. The van der Waals surface area contributed by atoms with Crippen LogP contribution >= 0.6 is 0 Å². The number of nitriles is 1. The van der Waals surface area contributed by atoms with Crippen molar-refractivity contribution >= 4 is 10.0 Å². The van der Waals surface area contributed by atoms with Gasteiger partial charge in [-0.25, -0.2) is 18.5 Å². The van der Waals surface area contributed by atoms with E-state index in [1.165, 1.54) is 6.07 Å². The van der Waals surface area contributed by atoms with Gasteiger partial charge in [0, 0.05) is 6.20 Å². The van der Waals surface area contributed by atoms with E-state index in [0.717, 1.165) is 12.3 Å². The van der Waals surface area contributed by atoms with Crippen molar-refractivity contribution in [1.82, 2.24) is 4.98 Å². The zero-order valence-corrected chi connectivity index (χ0v) is 8.71. The van der Waals surface area contributed by atoms with Gasteiger partial charge in [-0.15, -0.1) is 13.2 Å². The first-order valence-electron chi connectivity index (χ1n) is 3.83. The Hall–Kier alpha value is -1.86. The predicted molar refractivity (Wildman–Crippen MR) is 47.0 cm³/mol. The summed E-state index contributed by atoms with van der Waals surface area (Å²) in [5, 5.41) is 13.3. The molecule has 0 saturated heterocycles. The molecule has 0 radical (unpaired) electrons. The summed E-state index contributed by atoms with van der Waals surface area (Å²) in [4.78, 5) is 2.34. The first-order chi connectivity index (χ1) is 7.65. The van der Waals surface area contributed by atoms with E-state index in [9.17, 15) is 21.6 Å². The van der Waals surface area contributed by atoms with Crippen LogP contribution < -0.4 is 9.88 Å². The fourth-order valence-corrected chi connectivity index (χ4v) is 1.62. The van der Waals surface area contributed by atoms with Gasteiger partial charge >= 0.3 is 6.36 Å². The molecule has 2 N–H and O–H groups in total. The maximum atomic E-state index is 11.9. The van der Waals surface area contributed by atoms with Crippen LogP contribution in [0, 0.1) is 11.3 Å². The third kappa shape index (κ3) is 3.30. The maximum Gasteiger partial charge on any atom is 0.574 e. The zero-order valence-electron chi connectivity index (χ0n) is 7.89. The zero-order chi connectivity index (χ0) is 13.3. The Bertz CT molecular complexity index is 576. The van der Waals surface area contributed by atoms with E-state index < -0.39 is 32.7 Å². The molecule has 0 aliphatic rings. The molecule has 0 fully saturated rings. The van der Waals surface area contributed by atoms with Gasteiger partial charge in [-0.05, 0) is 6.07 Å². The Kier molecular flexibility index (Phi) is 3.25. The minimum Gasteiger partial charge on any atom is -0.386 e. The number of nitrogens with two attached hydrogens (primary N) is 1. The van der Waals surface area contributed by atoms with Crippen LogP contribution in [-0.2, 0) is 10.0 Å².